The molecule has 0 aliphatic heterocycles. The molecule has 3 N–H and O–H groups in total. The molecular formula is C17H34N9O3Y-. The maximum atomic E-state index is 8.40. The van der Waals surface area contributed by atoms with Crippen LogP contribution in [0.25, 0.3) is 10.4 Å². The summed E-state index contributed by atoms with van der Waals surface area (Å²) >= 11 is 0. The van der Waals surface area contributed by atoms with Gasteiger partial charge >= 0.3 is 0 Å². The zero-order valence-corrected chi connectivity index (χ0v) is 20.6. The Balaban J connectivity index is -0.000000328. The SMILES string of the molecule is CCCCO.OCCCn1ccnn1.[CH2-]CCn1ccnn1.[N-]=[N+]=NCCCO.[Y]. The van der Waals surface area contributed by atoms with Gasteiger partial charge in [0.25, 0.3) is 0 Å². The van der Waals surface area contributed by atoms with Crippen molar-refractivity contribution in [2.45, 2.75) is 52.1 Å². The van der Waals surface area contributed by atoms with Crippen LogP contribution in [0, 0.1) is 6.92 Å². The van der Waals surface area contributed by atoms with Crippen molar-refractivity contribution < 1.29 is 48.0 Å². The van der Waals surface area contributed by atoms with E-state index in [2.05, 4.69) is 44.5 Å². The van der Waals surface area contributed by atoms with Crippen molar-refractivity contribution in [3.8, 4) is 0 Å². The van der Waals surface area contributed by atoms with Gasteiger partial charge in [0.1, 0.15) is 0 Å². The van der Waals surface area contributed by atoms with Gasteiger partial charge in [-0.2, -0.15) is 6.42 Å². The van der Waals surface area contributed by atoms with Crippen LogP contribution in [-0.2, 0) is 45.8 Å². The minimum Gasteiger partial charge on any atom is -0.396 e. The van der Waals surface area contributed by atoms with Gasteiger partial charge in [-0.3, -0.25) is 9.36 Å². The second-order valence-electron chi connectivity index (χ2n) is 5.37. The minimum absolute atomic E-state index is 0. The zero-order chi connectivity index (χ0) is 22.0. The molecule has 2 aromatic rings. The molecule has 2 heterocycles. The normalized spacial score (nSPS) is 8.70. The zero-order valence-electron chi connectivity index (χ0n) is 17.7. The molecule has 0 saturated heterocycles. The molecule has 13 heteroatoms. The first-order chi connectivity index (χ1) is 14.2. The number of aromatic nitrogens is 6. The third-order valence-corrected chi connectivity index (χ3v) is 2.87. The third-order valence-electron chi connectivity index (χ3n) is 2.87. The van der Waals surface area contributed by atoms with Gasteiger partial charge < -0.3 is 22.2 Å². The number of azide groups is 1. The van der Waals surface area contributed by atoms with Crippen molar-refractivity contribution in [3.05, 3.63) is 42.2 Å². The molecule has 0 atom stereocenters. The Hall–Kier alpha value is -1.43. The summed E-state index contributed by atoms with van der Waals surface area (Å²) in [5, 5.41) is 42.4. The van der Waals surface area contributed by atoms with Crippen LogP contribution < -0.4 is 0 Å². The first-order valence-corrected chi connectivity index (χ1v) is 9.50. The topological polar surface area (TPSA) is 171 Å². The van der Waals surface area contributed by atoms with Gasteiger partial charge in [0.05, 0.1) is 12.4 Å². The Labute approximate surface area is 203 Å². The average molecular weight is 501 g/mol. The molecule has 0 aliphatic rings. The number of unbranched alkanes of at least 4 members (excludes halogenated alkanes) is 1. The summed E-state index contributed by atoms with van der Waals surface area (Å²) in [5.41, 5.74) is 7.67. The molecule has 2 rings (SSSR count). The number of rotatable bonds is 10. The maximum Gasteiger partial charge on any atom is 0.0692 e. The molecule has 0 aromatic carbocycles. The molecule has 30 heavy (non-hydrogen) atoms. The third kappa shape index (κ3) is 26.6. The number of nitrogens with zero attached hydrogens (tertiary/aromatic N) is 9. The molecule has 0 bridgehead atoms. The van der Waals surface area contributed by atoms with Crippen molar-refractivity contribution in [3.63, 3.8) is 0 Å². The molecule has 0 spiro atoms. The number of aliphatic hydroxyl groups is 3. The maximum absolute atomic E-state index is 8.40. The van der Waals surface area contributed by atoms with Crippen LogP contribution in [0.5, 0.6) is 0 Å². The largest absolute Gasteiger partial charge is 0.396 e. The molecule has 0 saturated carbocycles. The van der Waals surface area contributed by atoms with Crippen molar-refractivity contribution >= 4 is 0 Å². The predicted molar refractivity (Wildman–Crippen MR) is 109 cm³/mol. The summed E-state index contributed by atoms with van der Waals surface area (Å²) in [4.78, 5) is 2.49. The molecule has 0 unspecified atom stereocenters. The Morgan fingerprint density at radius 1 is 0.933 bits per heavy atom. The van der Waals surface area contributed by atoms with Gasteiger partial charge in [-0.05, 0) is 24.8 Å². The van der Waals surface area contributed by atoms with Crippen molar-refractivity contribution in [1.29, 1.82) is 0 Å². The van der Waals surface area contributed by atoms with Gasteiger partial charge in [-0.1, -0.05) is 28.9 Å². The summed E-state index contributed by atoms with van der Waals surface area (Å²) in [7, 11) is 0. The van der Waals surface area contributed by atoms with E-state index in [1.807, 2.05) is 6.20 Å². The summed E-state index contributed by atoms with van der Waals surface area (Å²) in [6, 6.07) is 0. The van der Waals surface area contributed by atoms with Gasteiger partial charge in [0.15, 0.2) is 0 Å². The Bertz CT molecular complexity index is 563. The van der Waals surface area contributed by atoms with Crippen LogP contribution in [-0.4, -0.2) is 71.7 Å². The molecule has 0 amide bonds. The van der Waals surface area contributed by atoms with E-state index < -0.39 is 0 Å². The minimum atomic E-state index is 0. The van der Waals surface area contributed by atoms with Gasteiger partial charge in [-0.25, -0.2) is 0 Å². The van der Waals surface area contributed by atoms with Crippen molar-refractivity contribution in [2.24, 2.45) is 5.11 Å². The fraction of sp³-hybridized carbons (Fsp3) is 0.706. The van der Waals surface area contributed by atoms with E-state index in [-0.39, 0.29) is 45.9 Å². The monoisotopic (exact) mass is 501 g/mol. The molecular weight excluding hydrogens is 467 g/mol. The first-order valence-electron chi connectivity index (χ1n) is 9.50. The van der Waals surface area contributed by atoms with Crippen LogP contribution >= 0.6 is 0 Å². The molecule has 0 aliphatic carbocycles. The molecule has 2 aromatic heterocycles. The van der Waals surface area contributed by atoms with Gasteiger partial charge in [-0.15, -0.1) is 10.2 Å². The number of aliphatic hydroxyl groups excluding tert-OH is 3. The molecule has 169 valence electrons. The Morgan fingerprint density at radius 3 is 1.80 bits per heavy atom. The Kier molecular flexibility index (Phi) is 33.0. The second-order valence-corrected chi connectivity index (χ2v) is 5.37. The first kappa shape index (κ1) is 33.2. The van der Waals surface area contributed by atoms with E-state index in [9.17, 15) is 0 Å². The predicted octanol–water partition coefficient (Wildman–Crippen LogP) is 1.62. The number of aryl methyl sites for hydroxylation is 2. The van der Waals surface area contributed by atoms with Crippen molar-refractivity contribution in [1.82, 2.24) is 30.0 Å². The van der Waals surface area contributed by atoms with Crippen molar-refractivity contribution in [2.75, 3.05) is 26.4 Å². The Morgan fingerprint density at radius 2 is 1.47 bits per heavy atom. The van der Waals surface area contributed by atoms with Gasteiger partial charge in [0, 0.05) is 89.5 Å². The van der Waals surface area contributed by atoms with Crippen LogP contribution in [0.1, 0.15) is 39.0 Å². The van der Waals surface area contributed by atoms with Crippen LogP contribution in [0.4, 0.5) is 0 Å². The average Bonchev–Trinajstić information content (AvgIpc) is 3.44. The molecule has 0 fully saturated rings. The van der Waals surface area contributed by atoms with E-state index in [0.29, 0.717) is 19.6 Å². The number of hydrogen-bond acceptors (Lipinski definition) is 8. The fourth-order valence-corrected chi connectivity index (χ4v) is 1.44. The molecule has 1 radical (unpaired) electrons. The summed E-state index contributed by atoms with van der Waals surface area (Å²) in [6.07, 6.45) is 11.1. The van der Waals surface area contributed by atoms with Gasteiger partial charge in [0.2, 0.25) is 0 Å². The van der Waals surface area contributed by atoms with E-state index in [1.54, 1.807) is 28.0 Å². The van der Waals surface area contributed by atoms with E-state index in [0.717, 1.165) is 38.8 Å². The fourth-order valence-electron chi connectivity index (χ4n) is 1.44. The van der Waals surface area contributed by atoms with Crippen LogP contribution in [0.3, 0.4) is 0 Å². The van der Waals surface area contributed by atoms with E-state index >= 15 is 0 Å². The van der Waals surface area contributed by atoms with Crippen LogP contribution in [0.15, 0.2) is 29.9 Å². The summed E-state index contributed by atoms with van der Waals surface area (Å²) in [6.45, 7) is 8.38. The standard InChI is InChI=1S/C5H9N3O.C5H8N3.C4H10O.C3H7N3O.Y/c9-5-1-3-8-4-2-6-7-8;1-2-4-8-5-3-6-7-8;1-2-3-4-5;4-6-5-2-1-3-7;/h2,4,9H,1,3,5H2;3,5H,1-2,4H2;5H,2-4H2,1H3;7H,1-3H2;/q;-1;;;. The summed E-state index contributed by atoms with van der Waals surface area (Å²) < 4.78 is 3.45. The van der Waals surface area contributed by atoms with E-state index in [1.165, 1.54) is 0 Å². The quantitative estimate of drug-likeness (QED) is 0.146. The van der Waals surface area contributed by atoms with Crippen LogP contribution in [0.2, 0.25) is 0 Å². The number of hydrogen-bond donors (Lipinski definition) is 3. The molecule has 12 nitrogen and oxygen atoms in total. The smallest absolute Gasteiger partial charge is 0.0692 e. The summed E-state index contributed by atoms with van der Waals surface area (Å²) in [5.74, 6) is 0. The second kappa shape index (κ2) is 29.8. The van der Waals surface area contributed by atoms with E-state index in [4.69, 9.17) is 20.9 Å².